The molecule has 0 radical (unpaired) electrons. The second kappa shape index (κ2) is 8.40. The molecule has 0 saturated heterocycles. The quantitative estimate of drug-likeness (QED) is 0.223. The number of nitro groups is 1. The first-order valence-electron chi connectivity index (χ1n) is 9.33. The van der Waals surface area contributed by atoms with Gasteiger partial charge in [-0.25, -0.2) is 4.79 Å². The third kappa shape index (κ3) is 4.19. The lowest BCUT2D eigenvalue weighted by molar-refractivity contribution is -0.385. The largest absolute Gasteiger partial charge is 0.454 e. The van der Waals surface area contributed by atoms with Crippen molar-refractivity contribution in [2.24, 2.45) is 0 Å². The fourth-order valence-corrected chi connectivity index (χ4v) is 3.51. The van der Waals surface area contributed by atoms with E-state index in [0.29, 0.717) is 11.3 Å². The molecule has 1 aliphatic rings. The number of nitro benzene ring substituents is 1. The van der Waals surface area contributed by atoms with Gasteiger partial charge in [-0.2, -0.15) is 0 Å². The molecule has 1 aliphatic heterocycles. The number of ketones is 1. The van der Waals surface area contributed by atoms with Crippen molar-refractivity contribution in [3.8, 4) is 11.5 Å². The monoisotopic (exact) mass is 414 g/mol. The van der Waals surface area contributed by atoms with Crippen LogP contribution in [0.3, 0.4) is 0 Å². The first kappa shape index (κ1) is 21.1. The van der Waals surface area contributed by atoms with Gasteiger partial charge in [0.2, 0.25) is 12.6 Å². The van der Waals surface area contributed by atoms with Crippen LogP contribution in [-0.4, -0.2) is 34.6 Å². The van der Waals surface area contributed by atoms with E-state index in [9.17, 15) is 19.7 Å². The average Bonchev–Trinajstić information content (AvgIpc) is 3.26. The highest BCUT2D eigenvalue weighted by molar-refractivity contribution is 6.00. The zero-order valence-electron chi connectivity index (χ0n) is 17.1. The van der Waals surface area contributed by atoms with E-state index in [1.165, 1.54) is 18.2 Å². The summed E-state index contributed by atoms with van der Waals surface area (Å²) in [6.07, 6.45) is 2.28. The Balaban J connectivity index is 1.68. The minimum Gasteiger partial charge on any atom is -0.454 e. The van der Waals surface area contributed by atoms with Gasteiger partial charge < -0.3 is 18.8 Å². The van der Waals surface area contributed by atoms with Crippen LogP contribution in [0.2, 0.25) is 0 Å². The van der Waals surface area contributed by atoms with Crippen LogP contribution in [0.15, 0.2) is 24.3 Å². The molecule has 2 heterocycles. The van der Waals surface area contributed by atoms with E-state index in [4.69, 9.17) is 14.2 Å². The maximum atomic E-state index is 12.5. The van der Waals surface area contributed by atoms with E-state index in [1.807, 2.05) is 32.3 Å². The lowest BCUT2D eigenvalue weighted by Crippen LogP contribution is -2.14. The van der Waals surface area contributed by atoms with Crippen molar-refractivity contribution < 1.29 is 28.7 Å². The number of hydrogen-bond donors (Lipinski definition) is 0. The Labute approximate surface area is 173 Å². The van der Waals surface area contributed by atoms with Gasteiger partial charge in [0, 0.05) is 29.1 Å². The Bertz CT molecular complexity index is 1050. The third-order valence-electron chi connectivity index (χ3n) is 4.76. The first-order valence-corrected chi connectivity index (χ1v) is 9.33. The SMILES string of the molecule is Cc1cc(C(=O)COC(=O)/C=C/c2cc3c(cc2[N+](=O)[O-])OCO3)c(C)n1C(C)C. The summed E-state index contributed by atoms with van der Waals surface area (Å²) in [5, 5.41) is 11.3. The summed E-state index contributed by atoms with van der Waals surface area (Å²) in [4.78, 5) is 35.2. The normalized spacial score (nSPS) is 12.6. The van der Waals surface area contributed by atoms with Gasteiger partial charge in [-0.15, -0.1) is 0 Å². The van der Waals surface area contributed by atoms with Gasteiger partial charge in [0.15, 0.2) is 18.1 Å². The van der Waals surface area contributed by atoms with Crippen molar-refractivity contribution in [1.82, 2.24) is 4.57 Å². The maximum Gasteiger partial charge on any atom is 0.331 e. The van der Waals surface area contributed by atoms with Gasteiger partial charge in [0.25, 0.3) is 5.69 Å². The molecule has 0 fully saturated rings. The Morgan fingerprint density at radius 3 is 2.50 bits per heavy atom. The number of hydrogen-bond acceptors (Lipinski definition) is 7. The molecule has 0 N–H and O–H groups in total. The van der Waals surface area contributed by atoms with Gasteiger partial charge in [-0.05, 0) is 45.9 Å². The number of benzene rings is 1. The molecule has 0 unspecified atom stereocenters. The smallest absolute Gasteiger partial charge is 0.331 e. The van der Waals surface area contributed by atoms with Crippen LogP contribution in [0.1, 0.15) is 47.2 Å². The molecule has 158 valence electrons. The van der Waals surface area contributed by atoms with Gasteiger partial charge >= 0.3 is 5.97 Å². The molecule has 9 heteroatoms. The Hall–Kier alpha value is -3.62. The second-order valence-corrected chi connectivity index (χ2v) is 7.13. The number of nitrogens with zero attached hydrogens (tertiary/aromatic N) is 2. The number of aryl methyl sites for hydroxylation is 1. The fraction of sp³-hybridized carbons (Fsp3) is 0.333. The van der Waals surface area contributed by atoms with Gasteiger partial charge in [0.05, 0.1) is 16.6 Å². The van der Waals surface area contributed by atoms with Crippen molar-refractivity contribution >= 4 is 23.5 Å². The highest BCUT2D eigenvalue weighted by Gasteiger charge is 2.22. The van der Waals surface area contributed by atoms with Crippen molar-refractivity contribution in [2.75, 3.05) is 13.4 Å². The van der Waals surface area contributed by atoms with Crippen LogP contribution < -0.4 is 9.47 Å². The number of rotatable bonds is 7. The van der Waals surface area contributed by atoms with Crippen molar-refractivity contribution in [3.63, 3.8) is 0 Å². The number of carbonyl (C=O) groups is 2. The highest BCUT2D eigenvalue weighted by atomic mass is 16.7. The Morgan fingerprint density at radius 2 is 1.90 bits per heavy atom. The lowest BCUT2D eigenvalue weighted by Gasteiger charge is -2.13. The fourth-order valence-electron chi connectivity index (χ4n) is 3.51. The molecule has 0 amide bonds. The molecule has 3 rings (SSSR count). The van der Waals surface area contributed by atoms with E-state index in [0.717, 1.165) is 17.5 Å². The molecule has 1 aromatic carbocycles. The van der Waals surface area contributed by atoms with E-state index >= 15 is 0 Å². The zero-order valence-corrected chi connectivity index (χ0v) is 17.1. The highest BCUT2D eigenvalue weighted by Crippen LogP contribution is 2.38. The molecule has 30 heavy (non-hydrogen) atoms. The van der Waals surface area contributed by atoms with Crippen LogP contribution >= 0.6 is 0 Å². The molecule has 0 saturated carbocycles. The zero-order chi connectivity index (χ0) is 22.0. The molecule has 0 atom stereocenters. The molecular weight excluding hydrogens is 392 g/mol. The van der Waals surface area contributed by atoms with E-state index in [1.54, 1.807) is 6.07 Å². The topological polar surface area (TPSA) is 110 Å². The Kier molecular flexibility index (Phi) is 5.91. The summed E-state index contributed by atoms with van der Waals surface area (Å²) in [5.74, 6) is -0.478. The minimum absolute atomic E-state index is 0.0266. The minimum atomic E-state index is -0.784. The molecule has 2 aromatic rings. The van der Waals surface area contributed by atoms with Crippen LogP contribution in [-0.2, 0) is 9.53 Å². The summed E-state index contributed by atoms with van der Waals surface area (Å²) in [6.45, 7) is 7.36. The number of aromatic nitrogens is 1. The molecule has 0 aliphatic carbocycles. The third-order valence-corrected chi connectivity index (χ3v) is 4.76. The van der Waals surface area contributed by atoms with Crippen LogP contribution in [0.4, 0.5) is 5.69 Å². The first-order chi connectivity index (χ1) is 14.2. The number of esters is 1. The number of fused-ring (bicyclic) bond motifs is 1. The number of Topliss-reactive ketones (excluding diaryl/α,β-unsaturated/α-hetero) is 1. The lowest BCUT2D eigenvalue weighted by atomic mass is 10.1. The summed E-state index contributed by atoms with van der Waals surface area (Å²) >= 11 is 0. The van der Waals surface area contributed by atoms with Gasteiger partial charge in [-0.3, -0.25) is 14.9 Å². The summed E-state index contributed by atoms with van der Waals surface area (Å²) in [5.41, 5.74) is 2.19. The van der Waals surface area contributed by atoms with E-state index in [2.05, 4.69) is 0 Å². The molecule has 9 nitrogen and oxygen atoms in total. The number of carbonyl (C=O) groups excluding carboxylic acids is 2. The standard InChI is InChI=1S/C21H22N2O7/c1-12(2)22-13(3)7-16(14(22)4)18(24)10-28-21(25)6-5-15-8-19-20(30-11-29-19)9-17(15)23(26)27/h5-9,12H,10-11H2,1-4H3/b6-5+. The van der Waals surface area contributed by atoms with Crippen LogP contribution in [0, 0.1) is 24.0 Å². The molecular formula is C21H22N2O7. The summed E-state index contributed by atoms with van der Waals surface area (Å²) < 4.78 is 17.4. The molecule has 0 bridgehead atoms. The predicted octanol–water partition coefficient (Wildman–Crippen LogP) is 3.76. The van der Waals surface area contributed by atoms with Gasteiger partial charge in [0.1, 0.15) is 0 Å². The summed E-state index contributed by atoms with van der Waals surface area (Å²) in [7, 11) is 0. The molecule has 0 spiro atoms. The van der Waals surface area contributed by atoms with Crippen molar-refractivity contribution in [3.05, 3.63) is 56.9 Å². The Morgan fingerprint density at radius 1 is 1.23 bits per heavy atom. The van der Waals surface area contributed by atoms with Crippen LogP contribution in [0.25, 0.3) is 6.08 Å². The van der Waals surface area contributed by atoms with E-state index < -0.39 is 17.5 Å². The van der Waals surface area contributed by atoms with E-state index in [-0.39, 0.29) is 35.6 Å². The number of ether oxygens (including phenoxy) is 3. The van der Waals surface area contributed by atoms with Crippen molar-refractivity contribution in [1.29, 1.82) is 0 Å². The van der Waals surface area contributed by atoms with Crippen molar-refractivity contribution in [2.45, 2.75) is 33.7 Å². The van der Waals surface area contributed by atoms with Crippen LogP contribution in [0.5, 0.6) is 11.5 Å². The maximum absolute atomic E-state index is 12.5. The average molecular weight is 414 g/mol. The summed E-state index contributed by atoms with van der Waals surface area (Å²) in [6, 6.07) is 4.63. The predicted molar refractivity (Wildman–Crippen MR) is 108 cm³/mol. The molecule has 1 aromatic heterocycles. The second-order valence-electron chi connectivity index (χ2n) is 7.13. The van der Waals surface area contributed by atoms with Gasteiger partial charge in [-0.1, -0.05) is 0 Å².